The third-order valence-corrected chi connectivity index (χ3v) is 0.401. The van der Waals surface area contributed by atoms with E-state index >= 15 is 0 Å². The highest BCUT2D eigenvalue weighted by Gasteiger charge is 1.81. The summed E-state index contributed by atoms with van der Waals surface area (Å²) in [5.74, 6) is 0. The van der Waals surface area contributed by atoms with Gasteiger partial charge in [0.05, 0.1) is 4.92 Å². The van der Waals surface area contributed by atoms with Crippen molar-refractivity contribution in [3.8, 4) is 0 Å². The third-order valence-electron chi connectivity index (χ3n) is 0.401. The van der Waals surface area contributed by atoms with Crippen LogP contribution in [0, 0.1) is 16.3 Å². The zero-order valence-electron chi connectivity index (χ0n) is 4.05. The Balaban J connectivity index is 3.26. The summed E-state index contributed by atoms with van der Waals surface area (Å²) in [5.41, 5.74) is 0. The molecule has 0 bridgehead atoms. The molecule has 0 rings (SSSR count). The van der Waals surface area contributed by atoms with E-state index in [9.17, 15) is 10.1 Å². The fraction of sp³-hybridized carbons (Fsp3) is 0.500. The van der Waals surface area contributed by atoms with Gasteiger partial charge in [-0.2, -0.15) is 0 Å². The zero-order chi connectivity index (χ0) is 5.70. The highest BCUT2D eigenvalue weighted by atomic mass is 16.6. The Morgan fingerprint density at radius 3 is 2.71 bits per heavy atom. The Morgan fingerprint density at radius 2 is 2.57 bits per heavy atom. The molecule has 0 saturated heterocycles. The lowest BCUT2D eigenvalue weighted by Gasteiger charge is -1.70. The van der Waals surface area contributed by atoms with Gasteiger partial charge in [0.2, 0.25) is 0 Å². The van der Waals surface area contributed by atoms with Crippen LogP contribution < -0.4 is 0 Å². The van der Waals surface area contributed by atoms with E-state index in [2.05, 4.69) is 0 Å². The smallest absolute Gasteiger partial charge is 0.258 e. The van der Waals surface area contributed by atoms with Crippen LogP contribution in [0.25, 0.3) is 0 Å². The van der Waals surface area contributed by atoms with Crippen molar-refractivity contribution in [2.45, 2.75) is 13.3 Å². The van der Waals surface area contributed by atoms with Gasteiger partial charge in [-0.15, -0.1) is 0 Å². The Labute approximate surface area is 41.8 Å². The van der Waals surface area contributed by atoms with E-state index in [4.69, 9.17) is 0 Å². The van der Waals surface area contributed by atoms with E-state index in [0.29, 0.717) is 6.42 Å². The highest BCUT2D eigenvalue weighted by Crippen LogP contribution is 1.76. The molecule has 0 heterocycles. The zero-order valence-corrected chi connectivity index (χ0v) is 4.05. The second-order valence-corrected chi connectivity index (χ2v) is 0.999. The summed E-state index contributed by atoms with van der Waals surface area (Å²) < 4.78 is 0. The fourth-order valence-corrected chi connectivity index (χ4v) is 0.166. The fourth-order valence-electron chi connectivity index (χ4n) is 0.166. The van der Waals surface area contributed by atoms with Crippen LogP contribution in [-0.4, -0.2) is 4.92 Å². The number of rotatable bonds is 2. The van der Waals surface area contributed by atoms with E-state index in [1.165, 1.54) is 6.08 Å². The molecule has 0 N–H and O–H groups in total. The molecule has 1 radical (unpaired) electrons. The quantitative estimate of drug-likeness (QED) is 0.295. The van der Waals surface area contributed by atoms with Gasteiger partial charge in [-0.05, 0) is 6.42 Å². The molecule has 0 aromatic heterocycles. The molecule has 0 unspecified atom stereocenters. The molecular weight excluding hydrogens is 94.0 g/mol. The first-order chi connectivity index (χ1) is 3.27. The largest absolute Gasteiger partial charge is 0.341 e. The van der Waals surface area contributed by atoms with E-state index in [1.807, 2.05) is 13.1 Å². The van der Waals surface area contributed by atoms with Crippen LogP contribution >= 0.6 is 0 Å². The van der Waals surface area contributed by atoms with Gasteiger partial charge >= 0.3 is 6.20 Å². The first-order valence-corrected chi connectivity index (χ1v) is 1.99. The van der Waals surface area contributed by atoms with Crippen LogP contribution in [0.2, 0.25) is 0 Å². The van der Waals surface area contributed by atoms with Gasteiger partial charge in [0.1, 0.15) is 0 Å². The van der Waals surface area contributed by atoms with Crippen molar-refractivity contribution in [1.29, 1.82) is 0 Å². The molecule has 0 atom stereocenters. The van der Waals surface area contributed by atoms with Crippen LogP contribution in [0.1, 0.15) is 13.3 Å². The van der Waals surface area contributed by atoms with Crippen molar-refractivity contribution in [2.75, 3.05) is 0 Å². The maximum Gasteiger partial charge on any atom is 0.341 e. The number of hydrogen-bond donors (Lipinski definition) is 0. The molecule has 0 aliphatic heterocycles. The van der Waals surface area contributed by atoms with E-state index < -0.39 is 4.92 Å². The molecule has 0 aliphatic rings. The third kappa shape index (κ3) is 5.14. The second kappa shape index (κ2) is 3.33. The van der Waals surface area contributed by atoms with Gasteiger partial charge in [-0.3, -0.25) is 10.1 Å². The van der Waals surface area contributed by atoms with Gasteiger partial charge in [0.25, 0.3) is 0 Å². The lowest BCUT2D eigenvalue weighted by atomic mass is 10.5. The lowest BCUT2D eigenvalue weighted by molar-refractivity contribution is -0.419. The maximum absolute atomic E-state index is 9.42. The van der Waals surface area contributed by atoms with Crippen LogP contribution in [0.4, 0.5) is 0 Å². The predicted octanol–water partition coefficient (Wildman–Crippen LogP) is 0.990. The number of nitro groups is 1. The Kier molecular flexibility index (Phi) is 2.92. The highest BCUT2D eigenvalue weighted by molar-refractivity contribution is 4.61. The van der Waals surface area contributed by atoms with E-state index in [0.717, 1.165) is 0 Å². The molecule has 3 nitrogen and oxygen atoms in total. The van der Waals surface area contributed by atoms with E-state index in [-0.39, 0.29) is 0 Å². The first-order valence-electron chi connectivity index (χ1n) is 1.99. The Hall–Kier alpha value is -0.860. The van der Waals surface area contributed by atoms with Gasteiger partial charge in [0.15, 0.2) is 0 Å². The summed E-state index contributed by atoms with van der Waals surface area (Å²) in [6.07, 6.45) is 3.94. The predicted molar refractivity (Wildman–Crippen MR) is 25.1 cm³/mol. The van der Waals surface area contributed by atoms with Crippen molar-refractivity contribution in [3.05, 3.63) is 22.4 Å². The summed E-state index contributed by atoms with van der Waals surface area (Å²) in [7, 11) is 0. The summed E-state index contributed by atoms with van der Waals surface area (Å²) in [6, 6.07) is 0. The molecule has 0 saturated carbocycles. The molecule has 3 heteroatoms. The molecule has 0 amide bonds. The van der Waals surface area contributed by atoms with Crippen molar-refractivity contribution in [1.82, 2.24) is 0 Å². The minimum absolute atomic E-state index is 0.594. The van der Waals surface area contributed by atoms with Gasteiger partial charge < -0.3 is 0 Å². The Morgan fingerprint density at radius 1 is 2.00 bits per heavy atom. The molecule has 7 heavy (non-hydrogen) atoms. The molecule has 0 aromatic carbocycles. The van der Waals surface area contributed by atoms with Crippen molar-refractivity contribution < 1.29 is 4.92 Å². The Bertz CT molecular complexity index is 87.7. The van der Waals surface area contributed by atoms with Crippen LogP contribution in [0.15, 0.2) is 6.08 Å². The van der Waals surface area contributed by atoms with Crippen molar-refractivity contribution in [2.24, 2.45) is 0 Å². The van der Waals surface area contributed by atoms with Crippen molar-refractivity contribution in [3.63, 3.8) is 0 Å². The minimum Gasteiger partial charge on any atom is -0.258 e. The molecule has 0 spiro atoms. The van der Waals surface area contributed by atoms with Gasteiger partial charge in [-0.25, -0.2) is 0 Å². The summed E-state index contributed by atoms with van der Waals surface area (Å²) in [4.78, 5) is 8.83. The van der Waals surface area contributed by atoms with Crippen LogP contribution in [-0.2, 0) is 0 Å². The normalized spacial score (nSPS) is 9.86. The summed E-state index contributed by atoms with van der Waals surface area (Å²) in [5, 5.41) is 9.42. The second-order valence-electron chi connectivity index (χ2n) is 0.999. The monoisotopic (exact) mass is 100 g/mol. The average Bonchev–Trinajstić information content (AvgIpc) is 1.61. The maximum atomic E-state index is 9.42. The molecule has 0 aliphatic carbocycles. The van der Waals surface area contributed by atoms with Crippen molar-refractivity contribution >= 4 is 0 Å². The van der Waals surface area contributed by atoms with Crippen LogP contribution in [0.5, 0.6) is 0 Å². The SMILES string of the molecule is CC/C=[C]\[N+](=O)[O-]. The summed E-state index contributed by atoms with van der Waals surface area (Å²) >= 11 is 0. The number of nitrogens with zero attached hydrogens (tertiary/aromatic N) is 1. The number of hydrogen-bond acceptors (Lipinski definition) is 2. The lowest BCUT2D eigenvalue weighted by Crippen LogP contribution is -1.81. The minimum atomic E-state index is -0.594. The van der Waals surface area contributed by atoms with E-state index in [1.54, 1.807) is 0 Å². The number of allylic oxidation sites excluding steroid dienone is 1. The standard InChI is InChI=1S/C4H6NO2/c1-2-3-4-5(6)7/h3H,2H2,1H3. The molecular formula is C4H6NO2. The van der Waals surface area contributed by atoms with Gasteiger partial charge in [-0.1, -0.05) is 6.92 Å². The molecule has 0 fully saturated rings. The summed E-state index contributed by atoms with van der Waals surface area (Å²) in [6.45, 7) is 1.82. The van der Waals surface area contributed by atoms with Gasteiger partial charge in [0, 0.05) is 6.08 Å². The molecule has 0 aromatic rings. The average molecular weight is 100 g/mol. The first kappa shape index (κ1) is 6.14. The topological polar surface area (TPSA) is 43.1 Å². The van der Waals surface area contributed by atoms with Crippen LogP contribution in [0.3, 0.4) is 0 Å². The molecule has 39 valence electrons.